The number of rotatable bonds is 3. The van der Waals surface area contributed by atoms with Gasteiger partial charge in [0.1, 0.15) is 0 Å². The molecule has 3 N–H and O–H groups in total. The lowest BCUT2D eigenvalue weighted by molar-refractivity contribution is 0.0999. The number of hydrogen-bond donors (Lipinski definition) is 2. The average Bonchev–Trinajstić information content (AvgIpc) is 2.38. The molecule has 6 nitrogen and oxygen atoms in total. The van der Waals surface area contributed by atoms with Crippen LogP contribution in [0.2, 0.25) is 0 Å². The van der Waals surface area contributed by atoms with E-state index in [9.17, 15) is 13.2 Å². The number of carbonyl (C=O) groups excluding carboxylic acids is 1. The molecule has 1 atom stereocenters. The Labute approximate surface area is 131 Å². The van der Waals surface area contributed by atoms with Crippen molar-refractivity contribution in [1.29, 1.82) is 0 Å². The van der Waals surface area contributed by atoms with E-state index in [4.69, 9.17) is 5.73 Å². The van der Waals surface area contributed by atoms with E-state index in [1.165, 1.54) is 16.4 Å². The van der Waals surface area contributed by atoms with Gasteiger partial charge in [-0.1, -0.05) is 6.07 Å². The van der Waals surface area contributed by atoms with Crippen LogP contribution >= 0.6 is 12.4 Å². The zero-order chi connectivity index (χ0) is 14.9. The van der Waals surface area contributed by atoms with E-state index in [1.807, 2.05) is 6.92 Å². The minimum atomic E-state index is -3.58. The van der Waals surface area contributed by atoms with Crippen LogP contribution in [0.5, 0.6) is 0 Å². The third kappa shape index (κ3) is 3.74. The quantitative estimate of drug-likeness (QED) is 0.842. The van der Waals surface area contributed by atoms with Crippen LogP contribution in [0.4, 0.5) is 0 Å². The zero-order valence-corrected chi connectivity index (χ0v) is 13.6. The van der Waals surface area contributed by atoms with Crippen LogP contribution in [-0.4, -0.2) is 44.3 Å². The summed E-state index contributed by atoms with van der Waals surface area (Å²) in [5.41, 5.74) is 6.19. The number of amides is 1. The Bertz CT molecular complexity index is 634. The van der Waals surface area contributed by atoms with E-state index in [-0.39, 0.29) is 28.9 Å². The summed E-state index contributed by atoms with van der Waals surface area (Å²) in [5.74, 6) is -0.617. The maximum Gasteiger partial charge on any atom is 0.249 e. The van der Waals surface area contributed by atoms with Crippen LogP contribution in [0.15, 0.2) is 23.1 Å². The van der Waals surface area contributed by atoms with E-state index in [0.29, 0.717) is 25.2 Å². The first-order valence-corrected chi connectivity index (χ1v) is 7.90. The molecular formula is C13H20ClN3O3S. The van der Waals surface area contributed by atoms with Crippen LogP contribution in [0.3, 0.4) is 0 Å². The fourth-order valence-corrected chi connectivity index (χ4v) is 3.85. The van der Waals surface area contributed by atoms with Gasteiger partial charge in [-0.25, -0.2) is 8.42 Å². The van der Waals surface area contributed by atoms with Crippen molar-refractivity contribution < 1.29 is 13.2 Å². The van der Waals surface area contributed by atoms with Gasteiger partial charge >= 0.3 is 0 Å². The number of benzene rings is 1. The number of nitrogens with one attached hydrogen (secondary N) is 1. The van der Waals surface area contributed by atoms with Crippen molar-refractivity contribution in [1.82, 2.24) is 9.62 Å². The maximum absolute atomic E-state index is 12.6. The standard InChI is InChI=1S/C13H19N3O3S.ClH/c1-9-3-4-11(7-12(9)13(14)17)20(18,19)16-6-5-15-10(2)8-16;/h3-4,7,10,15H,5-6,8H2,1-2H3,(H2,14,17);1H/t10-;/m0./s1. The Morgan fingerprint density at radius 2 is 2.10 bits per heavy atom. The van der Waals surface area contributed by atoms with Gasteiger partial charge in [-0.05, 0) is 31.5 Å². The smallest absolute Gasteiger partial charge is 0.249 e. The summed E-state index contributed by atoms with van der Waals surface area (Å²) in [4.78, 5) is 11.4. The van der Waals surface area contributed by atoms with Gasteiger partial charge in [-0.15, -0.1) is 12.4 Å². The van der Waals surface area contributed by atoms with Gasteiger partial charge in [-0.2, -0.15) is 4.31 Å². The number of nitrogens with two attached hydrogens (primary N) is 1. The first-order chi connectivity index (χ1) is 9.32. The lowest BCUT2D eigenvalue weighted by Gasteiger charge is -2.31. The van der Waals surface area contributed by atoms with Crippen molar-refractivity contribution in [2.24, 2.45) is 5.73 Å². The highest BCUT2D eigenvalue weighted by molar-refractivity contribution is 7.89. The molecule has 21 heavy (non-hydrogen) atoms. The number of nitrogens with zero attached hydrogens (tertiary/aromatic N) is 1. The van der Waals surface area contributed by atoms with Gasteiger partial charge < -0.3 is 11.1 Å². The molecule has 118 valence electrons. The van der Waals surface area contributed by atoms with E-state index in [1.54, 1.807) is 13.0 Å². The summed E-state index contributed by atoms with van der Waals surface area (Å²) in [7, 11) is -3.58. The van der Waals surface area contributed by atoms with Crippen molar-refractivity contribution in [2.75, 3.05) is 19.6 Å². The number of halogens is 1. The van der Waals surface area contributed by atoms with Gasteiger partial charge in [0.15, 0.2) is 0 Å². The molecule has 1 saturated heterocycles. The van der Waals surface area contributed by atoms with Crippen molar-refractivity contribution >= 4 is 28.3 Å². The molecule has 1 aliphatic rings. The molecule has 2 rings (SSSR count). The first-order valence-electron chi connectivity index (χ1n) is 6.46. The number of aryl methyl sites for hydroxylation is 1. The van der Waals surface area contributed by atoms with Gasteiger partial charge in [0, 0.05) is 31.2 Å². The number of sulfonamides is 1. The molecule has 0 aliphatic carbocycles. The van der Waals surface area contributed by atoms with E-state index in [2.05, 4.69) is 5.32 Å². The van der Waals surface area contributed by atoms with Crippen LogP contribution in [-0.2, 0) is 10.0 Å². The molecule has 0 bridgehead atoms. The Morgan fingerprint density at radius 3 is 2.67 bits per heavy atom. The van der Waals surface area contributed by atoms with Crippen molar-refractivity contribution in [3.05, 3.63) is 29.3 Å². The topological polar surface area (TPSA) is 92.5 Å². The molecule has 0 spiro atoms. The normalized spacial score (nSPS) is 19.8. The molecule has 0 aromatic heterocycles. The maximum atomic E-state index is 12.6. The Kier molecular flexibility index (Phi) is 5.75. The molecule has 0 radical (unpaired) electrons. The Balaban J connectivity index is 0.00000220. The van der Waals surface area contributed by atoms with Crippen LogP contribution in [0.1, 0.15) is 22.8 Å². The van der Waals surface area contributed by atoms with E-state index >= 15 is 0 Å². The summed E-state index contributed by atoms with van der Waals surface area (Å²) in [5, 5.41) is 3.19. The molecule has 0 saturated carbocycles. The Morgan fingerprint density at radius 1 is 1.43 bits per heavy atom. The van der Waals surface area contributed by atoms with Crippen LogP contribution < -0.4 is 11.1 Å². The molecule has 0 unspecified atom stereocenters. The fraction of sp³-hybridized carbons (Fsp3) is 0.462. The largest absolute Gasteiger partial charge is 0.366 e. The van der Waals surface area contributed by atoms with Crippen molar-refractivity contribution in [3.63, 3.8) is 0 Å². The molecule has 1 aromatic carbocycles. The van der Waals surface area contributed by atoms with E-state index < -0.39 is 15.9 Å². The lowest BCUT2D eigenvalue weighted by atomic mass is 10.1. The van der Waals surface area contributed by atoms with Gasteiger partial charge in [0.05, 0.1) is 4.90 Å². The van der Waals surface area contributed by atoms with Gasteiger partial charge in [0.2, 0.25) is 15.9 Å². The van der Waals surface area contributed by atoms with Gasteiger partial charge in [0.25, 0.3) is 0 Å². The number of primary amides is 1. The highest BCUT2D eigenvalue weighted by atomic mass is 35.5. The lowest BCUT2D eigenvalue weighted by Crippen LogP contribution is -2.51. The minimum Gasteiger partial charge on any atom is -0.366 e. The third-order valence-corrected chi connectivity index (χ3v) is 5.30. The second-order valence-electron chi connectivity index (χ2n) is 5.06. The summed E-state index contributed by atoms with van der Waals surface area (Å²) in [6.07, 6.45) is 0. The van der Waals surface area contributed by atoms with Crippen LogP contribution in [0.25, 0.3) is 0 Å². The number of hydrogen-bond acceptors (Lipinski definition) is 4. The van der Waals surface area contributed by atoms with Crippen molar-refractivity contribution in [2.45, 2.75) is 24.8 Å². The minimum absolute atomic E-state index is 0. The molecule has 1 amide bonds. The molecule has 8 heteroatoms. The predicted octanol–water partition coefficient (Wildman–Crippen LogP) is 0.498. The summed E-state index contributed by atoms with van der Waals surface area (Å²) in [6, 6.07) is 4.60. The molecule has 1 fully saturated rings. The summed E-state index contributed by atoms with van der Waals surface area (Å²) < 4.78 is 26.6. The second kappa shape index (κ2) is 6.74. The predicted molar refractivity (Wildman–Crippen MR) is 83.2 cm³/mol. The third-order valence-electron chi connectivity index (χ3n) is 3.44. The molecule has 1 aromatic rings. The zero-order valence-electron chi connectivity index (χ0n) is 12.0. The monoisotopic (exact) mass is 333 g/mol. The first kappa shape index (κ1) is 17.9. The average molecular weight is 334 g/mol. The summed E-state index contributed by atoms with van der Waals surface area (Å²) >= 11 is 0. The number of carbonyl (C=O) groups is 1. The van der Waals surface area contributed by atoms with E-state index in [0.717, 1.165) is 0 Å². The van der Waals surface area contributed by atoms with Crippen LogP contribution in [0, 0.1) is 6.92 Å². The highest BCUT2D eigenvalue weighted by Crippen LogP contribution is 2.20. The molecule has 1 aliphatic heterocycles. The molecule has 1 heterocycles. The highest BCUT2D eigenvalue weighted by Gasteiger charge is 2.29. The SMILES string of the molecule is Cc1ccc(S(=O)(=O)N2CCN[C@@H](C)C2)cc1C(N)=O.Cl. The fourth-order valence-electron chi connectivity index (χ4n) is 2.29. The number of piperazine rings is 1. The second-order valence-corrected chi connectivity index (χ2v) is 7.00. The molecular weight excluding hydrogens is 314 g/mol. The Hall–Kier alpha value is -1.15. The van der Waals surface area contributed by atoms with Gasteiger partial charge in [-0.3, -0.25) is 4.79 Å². The van der Waals surface area contributed by atoms with Crippen molar-refractivity contribution in [3.8, 4) is 0 Å². The summed E-state index contributed by atoms with van der Waals surface area (Å²) in [6.45, 7) is 5.12.